The summed E-state index contributed by atoms with van der Waals surface area (Å²) < 4.78 is 0. The molecule has 1 unspecified atom stereocenters. The van der Waals surface area contributed by atoms with Gasteiger partial charge in [-0.25, -0.2) is 0 Å². The van der Waals surface area contributed by atoms with E-state index in [-0.39, 0.29) is 11.9 Å². The highest BCUT2D eigenvalue weighted by Gasteiger charge is 2.09. The van der Waals surface area contributed by atoms with Crippen LogP contribution >= 0.6 is 0 Å². The van der Waals surface area contributed by atoms with Gasteiger partial charge in [-0.3, -0.25) is 4.79 Å². The average Bonchev–Trinajstić information content (AvgIpc) is 2.45. The van der Waals surface area contributed by atoms with Gasteiger partial charge in [-0.1, -0.05) is 32.6 Å². The van der Waals surface area contributed by atoms with Crippen LogP contribution in [-0.2, 0) is 0 Å². The maximum Gasteiger partial charge on any atom is 0.251 e. The highest BCUT2D eigenvalue weighted by Crippen LogP contribution is 2.10. The first-order valence-corrected chi connectivity index (χ1v) is 7.82. The molecule has 0 spiro atoms. The number of hydrogen-bond acceptors (Lipinski definition) is 2. The molecule has 0 heterocycles. The van der Waals surface area contributed by atoms with Gasteiger partial charge in [0.15, 0.2) is 0 Å². The van der Waals surface area contributed by atoms with Crippen LogP contribution < -0.4 is 10.6 Å². The highest BCUT2D eigenvalue weighted by molar-refractivity contribution is 5.94. The Labute approximate surface area is 123 Å². The summed E-state index contributed by atoms with van der Waals surface area (Å²) in [5.74, 6) is 0.0241. The minimum absolute atomic E-state index is 0.0241. The summed E-state index contributed by atoms with van der Waals surface area (Å²) in [7, 11) is 0. The third-order valence-corrected chi connectivity index (χ3v) is 3.40. The summed E-state index contributed by atoms with van der Waals surface area (Å²) in [4.78, 5) is 12.1. The van der Waals surface area contributed by atoms with Crippen LogP contribution in [0.4, 0.5) is 5.69 Å². The van der Waals surface area contributed by atoms with Crippen molar-refractivity contribution < 1.29 is 4.79 Å². The number of carbonyl (C=O) groups is 1. The van der Waals surface area contributed by atoms with Gasteiger partial charge in [-0.05, 0) is 44.5 Å². The number of amides is 1. The van der Waals surface area contributed by atoms with Gasteiger partial charge in [0.1, 0.15) is 0 Å². The molecule has 0 aliphatic rings. The van der Waals surface area contributed by atoms with Crippen LogP contribution in [0.15, 0.2) is 24.3 Å². The van der Waals surface area contributed by atoms with Gasteiger partial charge in [0.2, 0.25) is 0 Å². The average molecular weight is 276 g/mol. The molecule has 0 bridgehead atoms. The second-order valence-electron chi connectivity index (χ2n) is 5.33. The number of rotatable bonds is 9. The van der Waals surface area contributed by atoms with E-state index < -0.39 is 0 Å². The first kappa shape index (κ1) is 16.5. The molecule has 20 heavy (non-hydrogen) atoms. The van der Waals surface area contributed by atoms with Crippen LogP contribution in [0.3, 0.4) is 0 Å². The normalized spacial score (nSPS) is 11.9. The Hall–Kier alpha value is -1.51. The standard InChI is InChI=1S/C17H28N2O/c1-4-6-7-8-9-14(3)19-17(20)15-10-12-16(13-11-15)18-5-2/h10-14,18H,4-9H2,1-3H3,(H,19,20). The third-order valence-electron chi connectivity index (χ3n) is 3.40. The van der Waals surface area contributed by atoms with Crippen molar-refractivity contribution in [1.82, 2.24) is 5.32 Å². The summed E-state index contributed by atoms with van der Waals surface area (Å²) in [6, 6.07) is 7.89. The Morgan fingerprint density at radius 3 is 2.40 bits per heavy atom. The first-order valence-electron chi connectivity index (χ1n) is 7.82. The summed E-state index contributed by atoms with van der Waals surface area (Å²) in [5.41, 5.74) is 1.78. The lowest BCUT2D eigenvalue weighted by molar-refractivity contribution is 0.0938. The van der Waals surface area contributed by atoms with E-state index in [2.05, 4.69) is 31.4 Å². The van der Waals surface area contributed by atoms with Crippen molar-refractivity contribution in [3.8, 4) is 0 Å². The molecule has 1 atom stereocenters. The van der Waals surface area contributed by atoms with Crippen molar-refractivity contribution in [2.24, 2.45) is 0 Å². The molecule has 0 fully saturated rings. The van der Waals surface area contributed by atoms with Gasteiger partial charge in [0.05, 0.1) is 0 Å². The maximum atomic E-state index is 12.1. The first-order chi connectivity index (χ1) is 9.67. The van der Waals surface area contributed by atoms with Gasteiger partial charge in [0.25, 0.3) is 5.91 Å². The molecule has 0 saturated carbocycles. The van der Waals surface area contributed by atoms with E-state index >= 15 is 0 Å². The number of carbonyl (C=O) groups excluding carboxylic acids is 1. The Bertz CT molecular complexity index is 386. The van der Waals surface area contributed by atoms with Crippen molar-refractivity contribution >= 4 is 11.6 Å². The number of benzene rings is 1. The van der Waals surface area contributed by atoms with E-state index in [4.69, 9.17) is 0 Å². The molecule has 0 aromatic heterocycles. The number of hydrogen-bond donors (Lipinski definition) is 2. The van der Waals surface area contributed by atoms with Crippen molar-refractivity contribution in [3.63, 3.8) is 0 Å². The summed E-state index contributed by atoms with van der Waals surface area (Å²) in [6.45, 7) is 7.24. The Kier molecular flexibility index (Phi) is 7.78. The largest absolute Gasteiger partial charge is 0.385 e. The molecule has 0 saturated heterocycles. The fourth-order valence-corrected chi connectivity index (χ4v) is 2.20. The van der Waals surface area contributed by atoms with Gasteiger partial charge < -0.3 is 10.6 Å². The highest BCUT2D eigenvalue weighted by atomic mass is 16.1. The van der Waals surface area contributed by atoms with E-state index in [1.807, 2.05) is 24.3 Å². The zero-order chi connectivity index (χ0) is 14.8. The molecule has 1 rings (SSSR count). The summed E-state index contributed by atoms with van der Waals surface area (Å²) >= 11 is 0. The monoisotopic (exact) mass is 276 g/mol. The van der Waals surface area contributed by atoms with Crippen molar-refractivity contribution in [1.29, 1.82) is 0 Å². The Balaban J connectivity index is 2.37. The van der Waals surface area contributed by atoms with Crippen LogP contribution in [0.1, 0.15) is 63.2 Å². The van der Waals surface area contributed by atoms with E-state index in [0.717, 1.165) is 24.2 Å². The van der Waals surface area contributed by atoms with Crippen LogP contribution in [0.5, 0.6) is 0 Å². The lowest BCUT2D eigenvalue weighted by atomic mass is 10.1. The fraction of sp³-hybridized carbons (Fsp3) is 0.588. The maximum absolute atomic E-state index is 12.1. The molecule has 0 aliphatic carbocycles. The van der Waals surface area contributed by atoms with E-state index in [0.29, 0.717) is 0 Å². The lowest BCUT2D eigenvalue weighted by Crippen LogP contribution is -2.32. The Morgan fingerprint density at radius 1 is 1.10 bits per heavy atom. The SMILES string of the molecule is CCCCCCC(C)NC(=O)c1ccc(NCC)cc1. The quantitative estimate of drug-likeness (QED) is 0.663. The van der Waals surface area contributed by atoms with E-state index in [1.54, 1.807) is 0 Å². The molecule has 1 amide bonds. The molecular weight excluding hydrogens is 248 g/mol. The second kappa shape index (κ2) is 9.40. The minimum Gasteiger partial charge on any atom is -0.385 e. The summed E-state index contributed by atoms with van der Waals surface area (Å²) in [6.07, 6.45) is 6.04. The predicted octanol–water partition coefficient (Wildman–Crippen LogP) is 4.21. The molecule has 0 radical (unpaired) electrons. The number of unbranched alkanes of at least 4 members (excludes halogenated alkanes) is 3. The van der Waals surface area contributed by atoms with E-state index in [1.165, 1.54) is 25.7 Å². The van der Waals surface area contributed by atoms with Gasteiger partial charge in [-0.2, -0.15) is 0 Å². The van der Waals surface area contributed by atoms with Crippen molar-refractivity contribution in [2.45, 2.75) is 58.9 Å². The number of nitrogens with one attached hydrogen (secondary N) is 2. The topological polar surface area (TPSA) is 41.1 Å². The molecule has 3 heteroatoms. The zero-order valence-corrected chi connectivity index (χ0v) is 13.0. The van der Waals surface area contributed by atoms with Crippen LogP contribution in [0, 0.1) is 0 Å². The molecule has 0 aliphatic heterocycles. The molecule has 1 aromatic rings. The van der Waals surface area contributed by atoms with Gasteiger partial charge >= 0.3 is 0 Å². The molecule has 3 nitrogen and oxygen atoms in total. The Morgan fingerprint density at radius 2 is 1.80 bits per heavy atom. The third kappa shape index (κ3) is 6.09. The van der Waals surface area contributed by atoms with Crippen LogP contribution in [0.25, 0.3) is 0 Å². The molecular formula is C17H28N2O. The lowest BCUT2D eigenvalue weighted by Gasteiger charge is -2.14. The minimum atomic E-state index is 0.0241. The predicted molar refractivity (Wildman–Crippen MR) is 86.3 cm³/mol. The van der Waals surface area contributed by atoms with Crippen molar-refractivity contribution in [2.75, 3.05) is 11.9 Å². The molecule has 112 valence electrons. The molecule has 2 N–H and O–H groups in total. The van der Waals surface area contributed by atoms with E-state index in [9.17, 15) is 4.79 Å². The molecule has 1 aromatic carbocycles. The van der Waals surface area contributed by atoms with Gasteiger partial charge in [0, 0.05) is 23.8 Å². The fourth-order valence-electron chi connectivity index (χ4n) is 2.20. The van der Waals surface area contributed by atoms with Gasteiger partial charge in [-0.15, -0.1) is 0 Å². The van der Waals surface area contributed by atoms with Crippen LogP contribution in [0.2, 0.25) is 0 Å². The number of anilines is 1. The zero-order valence-electron chi connectivity index (χ0n) is 13.0. The second-order valence-corrected chi connectivity index (χ2v) is 5.33. The van der Waals surface area contributed by atoms with Crippen molar-refractivity contribution in [3.05, 3.63) is 29.8 Å². The summed E-state index contributed by atoms with van der Waals surface area (Å²) in [5, 5.41) is 6.29. The smallest absolute Gasteiger partial charge is 0.251 e. The van der Waals surface area contributed by atoms with Crippen LogP contribution in [-0.4, -0.2) is 18.5 Å².